The fourth-order valence-electron chi connectivity index (χ4n) is 3.41. The van der Waals surface area contributed by atoms with Crippen molar-refractivity contribution >= 4 is 39.1 Å². The van der Waals surface area contributed by atoms with Gasteiger partial charge in [0.1, 0.15) is 0 Å². The third-order valence-electron chi connectivity index (χ3n) is 5.28. The Bertz CT molecular complexity index is 1160. The average molecular weight is 473 g/mol. The number of hydrogen-bond acceptors (Lipinski definition) is 5. The summed E-state index contributed by atoms with van der Waals surface area (Å²) in [6.07, 6.45) is 0.605. The molecular weight excluding hydrogens is 444 g/mol. The van der Waals surface area contributed by atoms with Gasteiger partial charge in [0.25, 0.3) is 5.91 Å². The fraction of sp³-hybridized carbons (Fsp3) is 0.348. The minimum absolute atomic E-state index is 0.0211. The quantitative estimate of drug-likeness (QED) is 0.506. The number of carbonyl (C=O) groups is 3. The highest BCUT2D eigenvalue weighted by molar-refractivity contribution is 7.89. The second-order valence-electron chi connectivity index (χ2n) is 8.09. The van der Waals surface area contributed by atoms with E-state index in [-0.39, 0.29) is 41.6 Å². The zero-order valence-electron chi connectivity index (χ0n) is 18.8. The molecule has 3 N–H and O–H groups in total. The lowest BCUT2D eigenvalue weighted by atomic mass is 10.1. The van der Waals surface area contributed by atoms with Crippen molar-refractivity contribution < 1.29 is 22.8 Å². The van der Waals surface area contributed by atoms with E-state index in [1.807, 2.05) is 0 Å². The van der Waals surface area contributed by atoms with Crippen LogP contribution in [0.25, 0.3) is 0 Å². The molecule has 0 fully saturated rings. The number of anilines is 2. The standard InChI is InChI=1S/C23H28N4O5S/c1-15(2)22(29)26-19-6-4-17(5-7-19)23(30)24-11-12-25-33(31,32)20-8-9-21-18(14-20)10-13-27(21)16(3)28/h4-9,14-15,25H,10-13H2,1-3H3,(H,24,30)(H,26,29). The van der Waals surface area contributed by atoms with Crippen molar-refractivity contribution in [3.8, 4) is 0 Å². The van der Waals surface area contributed by atoms with Gasteiger partial charge in [-0.1, -0.05) is 13.8 Å². The van der Waals surface area contributed by atoms with Crippen LogP contribution in [-0.4, -0.2) is 45.8 Å². The normalized spacial score (nSPS) is 13.0. The molecule has 1 aliphatic rings. The second kappa shape index (κ2) is 10.1. The first kappa shape index (κ1) is 24.4. The number of nitrogens with one attached hydrogen (secondary N) is 3. The Kier molecular flexibility index (Phi) is 7.50. The Hall–Kier alpha value is -3.24. The van der Waals surface area contributed by atoms with Crippen molar-refractivity contribution in [2.45, 2.75) is 32.1 Å². The van der Waals surface area contributed by atoms with E-state index in [1.54, 1.807) is 55.1 Å². The van der Waals surface area contributed by atoms with Crippen LogP contribution in [0.4, 0.5) is 11.4 Å². The van der Waals surface area contributed by atoms with E-state index in [1.165, 1.54) is 13.0 Å². The molecule has 0 unspecified atom stereocenters. The van der Waals surface area contributed by atoms with Gasteiger partial charge < -0.3 is 15.5 Å². The molecule has 0 bridgehead atoms. The molecular formula is C23H28N4O5S. The number of nitrogens with zero attached hydrogens (tertiary/aromatic N) is 1. The molecule has 2 aromatic rings. The van der Waals surface area contributed by atoms with Crippen LogP contribution >= 0.6 is 0 Å². The number of benzene rings is 2. The van der Waals surface area contributed by atoms with Gasteiger partial charge in [-0.15, -0.1) is 0 Å². The van der Waals surface area contributed by atoms with Gasteiger partial charge in [0.05, 0.1) is 4.90 Å². The van der Waals surface area contributed by atoms with Crippen LogP contribution in [0.3, 0.4) is 0 Å². The predicted octanol–water partition coefficient (Wildman–Crippen LogP) is 1.90. The summed E-state index contributed by atoms with van der Waals surface area (Å²) in [5.41, 5.74) is 2.55. The number of carbonyl (C=O) groups excluding carboxylic acids is 3. The first-order chi connectivity index (χ1) is 15.6. The predicted molar refractivity (Wildman–Crippen MR) is 126 cm³/mol. The van der Waals surface area contributed by atoms with Crippen LogP contribution in [-0.2, 0) is 26.0 Å². The van der Waals surface area contributed by atoms with E-state index in [0.717, 1.165) is 11.3 Å². The Morgan fingerprint density at radius 1 is 1.03 bits per heavy atom. The zero-order valence-corrected chi connectivity index (χ0v) is 19.7. The minimum atomic E-state index is -3.75. The smallest absolute Gasteiger partial charge is 0.251 e. The molecule has 2 aromatic carbocycles. The molecule has 1 heterocycles. The monoisotopic (exact) mass is 472 g/mol. The molecule has 3 amide bonds. The first-order valence-corrected chi connectivity index (χ1v) is 12.2. The number of sulfonamides is 1. The van der Waals surface area contributed by atoms with Crippen LogP contribution in [0.15, 0.2) is 47.4 Å². The number of hydrogen-bond donors (Lipinski definition) is 3. The van der Waals surface area contributed by atoms with Gasteiger partial charge >= 0.3 is 0 Å². The van der Waals surface area contributed by atoms with E-state index in [0.29, 0.717) is 24.2 Å². The Balaban J connectivity index is 1.51. The van der Waals surface area contributed by atoms with Gasteiger partial charge in [-0.3, -0.25) is 14.4 Å². The molecule has 0 atom stereocenters. The van der Waals surface area contributed by atoms with E-state index in [4.69, 9.17) is 0 Å². The molecule has 176 valence electrons. The average Bonchev–Trinajstić information content (AvgIpc) is 3.20. The lowest BCUT2D eigenvalue weighted by molar-refractivity contribution is -0.119. The summed E-state index contributed by atoms with van der Waals surface area (Å²) < 4.78 is 27.7. The number of fused-ring (bicyclic) bond motifs is 1. The summed E-state index contributed by atoms with van der Waals surface area (Å²) in [5, 5.41) is 5.41. The largest absolute Gasteiger partial charge is 0.351 e. The summed E-state index contributed by atoms with van der Waals surface area (Å²) in [7, 11) is -3.75. The third kappa shape index (κ3) is 5.96. The summed E-state index contributed by atoms with van der Waals surface area (Å²) in [4.78, 5) is 37.4. The summed E-state index contributed by atoms with van der Waals surface area (Å²) in [6.45, 7) is 5.73. The molecule has 0 saturated carbocycles. The lowest BCUT2D eigenvalue weighted by Gasteiger charge is -2.15. The Morgan fingerprint density at radius 2 is 1.73 bits per heavy atom. The molecule has 0 radical (unpaired) electrons. The fourth-order valence-corrected chi connectivity index (χ4v) is 4.49. The van der Waals surface area contributed by atoms with Crippen molar-refractivity contribution in [2.24, 2.45) is 5.92 Å². The van der Waals surface area contributed by atoms with E-state index in [2.05, 4.69) is 15.4 Å². The molecule has 1 aliphatic heterocycles. The van der Waals surface area contributed by atoms with Gasteiger partial charge in [0.15, 0.2) is 0 Å². The zero-order chi connectivity index (χ0) is 24.2. The number of rotatable bonds is 8. The van der Waals surface area contributed by atoms with E-state index in [9.17, 15) is 22.8 Å². The maximum absolute atomic E-state index is 12.6. The molecule has 10 heteroatoms. The van der Waals surface area contributed by atoms with E-state index < -0.39 is 10.0 Å². The summed E-state index contributed by atoms with van der Waals surface area (Å²) in [6, 6.07) is 11.2. The Morgan fingerprint density at radius 3 is 2.36 bits per heavy atom. The van der Waals surface area contributed by atoms with Crippen LogP contribution in [0.5, 0.6) is 0 Å². The molecule has 33 heavy (non-hydrogen) atoms. The first-order valence-electron chi connectivity index (χ1n) is 10.7. The van der Waals surface area contributed by atoms with Crippen molar-refractivity contribution in [2.75, 3.05) is 29.9 Å². The van der Waals surface area contributed by atoms with Crippen LogP contribution in [0, 0.1) is 5.92 Å². The van der Waals surface area contributed by atoms with Crippen LogP contribution in [0.1, 0.15) is 36.7 Å². The van der Waals surface area contributed by atoms with Crippen LogP contribution < -0.4 is 20.3 Å². The molecule has 9 nitrogen and oxygen atoms in total. The Labute approximate surface area is 193 Å². The van der Waals surface area contributed by atoms with Gasteiger partial charge in [-0.05, 0) is 54.4 Å². The highest BCUT2D eigenvalue weighted by atomic mass is 32.2. The van der Waals surface area contributed by atoms with Gasteiger partial charge in [0, 0.05) is 49.4 Å². The third-order valence-corrected chi connectivity index (χ3v) is 6.74. The van der Waals surface area contributed by atoms with Gasteiger partial charge in [-0.25, -0.2) is 13.1 Å². The van der Waals surface area contributed by atoms with Crippen molar-refractivity contribution in [3.05, 3.63) is 53.6 Å². The van der Waals surface area contributed by atoms with Crippen molar-refractivity contribution in [1.29, 1.82) is 0 Å². The topological polar surface area (TPSA) is 125 Å². The van der Waals surface area contributed by atoms with Gasteiger partial charge in [0.2, 0.25) is 21.8 Å². The maximum atomic E-state index is 12.6. The maximum Gasteiger partial charge on any atom is 0.251 e. The second-order valence-corrected chi connectivity index (χ2v) is 9.85. The lowest BCUT2D eigenvalue weighted by Crippen LogP contribution is -2.34. The molecule has 3 rings (SSSR count). The minimum Gasteiger partial charge on any atom is -0.351 e. The summed E-state index contributed by atoms with van der Waals surface area (Å²) in [5.74, 6) is -0.686. The SMILES string of the molecule is CC(=O)N1CCc2cc(S(=O)(=O)NCCNC(=O)c3ccc(NC(=O)C(C)C)cc3)ccc21. The molecule has 0 spiro atoms. The van der Waals surface area contributed by atoms with Crippen molar-refractivity contribution in [3.63, 3.8) is 0 Å². The highest BCUT2D eigenvalue weighted by Crippen LogP contribution is 2.30. The van der Waals surface area contributed by atoms with Gasteiger partial charge in [-0.2, -0.15) is 0 Å². The number of amides is 3. The highest BCUT2D eigenvalue weighted by Gasteiger charge is 2.24. The molecule has 0 saturated heterocycles. The molecule has 0 aliphatic carbocycles. The van der Waals surface area contributed by atoms with Crippen LogP contribution in [0.2, 0.25) is 0 Å². The van der Waals surface area contributed by atoms with Crippen molar-refractivity contribution in [1.82, 2.24) is 10.0 Å². The summed E-state index contributed by atoms with van der Waals surface area (Å²) >= 11 is 0. The van der Waals surface area contributed by atoms with E-state index >= 15 is 0 Å². The molecule has 0 aromatic heterocycles.